The van der Waals surface area contributed by atoms with Crippen LogP contribution < -0.4 is 4.90 Å². The Labute approximate surface area is 74.8 Å². The third-order valence-corrected chi connectivity index (χ3v) is 1.91. The lowest BCUT2D eigenvalue weighted by Gasteiger charge is -2.10. The van der Waals surface area contributed by atoms with Crippen molar-refractivity contribution in [3.8, 4) is 0 Å². The van der Waals surface area contributed by atoms with Crippen LogP contribution >= 0.6 is 0 Å². The van der Waals surface area contributed by atoms with Crippen LogP contribution in [0, 0.1) is 11.8 Å². The summed E-state index contributed by atoms with van der Waals surface area (Å²) in [6, 6.07) is 0. The highest BCUT2D eigenvalue weighted by molar-refractivity contribution is 5.10. The van der Waals surface area contributed by atoms with Gasteiger partial charge in [-0.3, -0.25) is 4.90 Å². The van der Waals surface area contributed by atoms with E-state index in [0.717, 1.165) is 0 Å². The van der Waals surface area contributed by atoms with Gasteiger partial charge in [-0.1, -0.05) is 6.92 Å². The minimum atomic E-state index is 1.18. The molecule has 1 heterocycles. The molecule has 2 heteroatoms. The van der Waals surface area contributed by atoms with Crippen molar-refractivity contribution < 1.29 is 4.90 Å². The second-order valence-electron chi connectivity index (χ2n) is 2.68. The van der Waals surface area contributed by atoms with E-state index < -0.39 is 0 Å². The van der Waals surface area contributed by atoms with Crippen LogP contribution in [0.3, 0.4) is 0 Å². The zero-order valence-electron chi connectivity index (χ0n) is 7.80. The average molecular weight is 164 g/mol. The van der Waals surface area contributed by atoms with Gasteiger partial charge in [0, 0.05) is 12.5 Å². The first-order chi connectivity index (χ1) is 5.88. The number of hydrogen-bond acceptors (Lipinski definition) is 1. The number of nitrogens with zero attached hydrogens (tertiary/aromatic N) is 1. The Morgan fingerprint density at radius 1 is 1.42 bits per heavy atom. The molecule has 2 nitrogen and oxygen atoms in total. The lowest BCUT2D eigenvalue weighted by molar-refractivity contribution is -0.801. The quantitative estimate of drug-likeness (QED) is 0.624. The summed E-state index contributed by atoms with van der Waals surface area (Å²) in [5.74, 6) is 0. The van der Waals surface area contributed by atoms with E-state index in [1.54, 1.807) is 5.70 Å². The Kier molecular flexibility index (Phi) is 6.04. The highest BCUT2D eigenvalue weighted by atomic mass is 15.1. The molecule has 1 aliphatic heterocycles. The normalized spacial score (nSPS) is 19.7. The molecular weight excluding hydrogens is 148 g/mol. The van der Waals surface area contributed by atoms with Crippen molar-refractivity contribution in [2.24, 2.45) is 0 Å². The summed E-state index contributed by atoms with van der Waals surface area (Å²) < 4.78 is 0. The van der Waals surface area contributed by atoms with Crippen LogP contribution in [0.1, 0.15) is 26.7 Å². The van der Waals surface area contributed by atoms with Gasteiger partial charge < -0.3 is 11.8 Å². The summed E-state index contributed by atoms with van der Waals surface area (Å²) in [7, 11) is 0. The van der Waals surface area contributed by atoms with Crippen molar-refractivity contribution in [3.05, 3.63) is 30.6 Å². The molecule has 0 fully saturated rings. The maximum Gasteiger partial charge on any atom is 0.112 e. The number of rotatable bonds is 3. The van der Waals surface area contributed by atoms with Crippen molar-refractivity contribution in [3.63, 3.8) is 0 Å². The number of nitrogens with one attached hydrogen (secondary N) is 1. The Morgan fingerprint density at radius 2 is 2.08 bits per heavy atom. The van der Waals surface area contributed by atoms with Crippen LogP contribution in [-0.2, 0) is 0 Å². The van der Waals surface area contributed by atoms with E-state index in [4.69, 9.17) is 11.8 Å². The Balaban J connectivity index is 0.000000561. The molecule has 0 radical (unpaired) electrons. The average Bonchev–Trinajstić information content (AvgIpc) is 2.56. The second-order valence-corrected chi connectivity index (χ2v) is 2.68. The van der Waals surface area contributed by atoms with Gasteiger partial charge >= 0.3 is 0 Å². The largest absolute Gasteiger partial charge is 0.512 e. The summed E-state index contributed by atoms with van der Waals surface area (Å²) in [6.45, 7) is 10.4. The van der Waals surface area contributed by atoms with Crippen molar-refractivity contribution in [1.29, 1.82) is 5.26 Å². The Morgan fingerprint density at radius 3 is 2.58 bits per heavy atom. The van der Waals surface area contributed by atoms with Gasteiger partial charge in [-0.15, -0.1) is 0 Å². The molecule has 0 saturated carbocycles. The molecule has 0 aromatic rings. The maximum atomic E-state index is 6.25. The molecule has 0 saturated heterocycles. The van der Waals surface area contributed by atoms with Gasteiger partial charge in [-0.2, -0.15) is 0 Å². The maximum absolute atomic E-state index is 6.25. The van der Waals surface area contributed by atoms with Gasteiger partial charge in [-0.05, 0) is 19.4 Å². The zero-order chi connectivity index (χ0) is 9.40. The van der Waals surface area contributed by atoms with E-state index in [1.165, 1.54) is 24.3 Å². The molecule has 0 aliphatic carbocycles. The lowest BCUT2D eigenvalue weighted by Crippen LogP contribution is -3.04. The molecule has 0 bridgehead atoms. The van der Waals surface area contributed by atoms with Gasteiger partial charge in [0.05, 0.1) is 12.7 Å². The van der Waals surface area contributed by atoms with Gasteiger partial charge in [0.2, 0.25) is 0 Å². The summed E-state index contributed by atoms with van der Waals surface area (Å²) in [6.07, 6.45) is 9.13. The minimum Gasteiger partial charge on any atom is -0.512 e. The van der Waals surface area contributed by atoms with Gasteiger partial charge in [0.15, 0.2) is 0 Å². The fourth-order valence-electron chi connectivity index (χ4n) is 1.35. The van der Waals surface area contributed by atoms with Gasteiger partial charge in [0.1, 0.15) is 5.70 Å². The zero-order valence-corrected chi connectivity index (χ0v) is 7.80. The first-order valence-electron chi connectivity index (χ1n) is 4.34. The molecule has 0 spiro atoms. The fraction of sp³-hybridized carbons (Fsp3) is 0.500. The number of allylic oxidation sites excluding steroid dienone is 3. The standard InChI is InChI=1S/C9H15N.CN/c1-3-6-9-7-5-8-10(9)4-2;1-2/h5,7-8H,3-4,6H2,1-2H3;/q;-1/p+1. The highest BCUT2D eigenvalue weighted by Crippen LogP contribution is 2.00. The van der Waals surface area contributed by atoms with Crippen LogP contribution in [0.15, 0.2) is 24.0 Å². The predicted octanol–water partition coefficient (Wildman–Crippen LogP) is 1.20. The SMILES string of the molecule is CCCC1=CC=C[NH+]1CC.[C-]#N. The first-order valence-corrected chi connectivity index (χ1v) is 4.34. The number of hydrogen-bond donors (Lipinski definition) is 1. The van der Waals surface area contributed by atoms with Gasteiger partial charge in [0.25, 0.3) is 0 Å². The topological polar surface area (TPSA) is 28.2 Å². The van der Waals surface area contributed by atoms with E-state index >= 15 is 0 Å². The van der Waals surface area contributed by atoms with Crippen molar-refractivity contribution >= 4 is 0 Å². The third kappa shape index (κ3) is 2.89. The molecule has 1 atom stereocenters. The molecule has 0 aromatic heterocycles. The van der Waals surface area contributed by atoms with Crippen LogP contribution in [0.25, 0.3) is 0 Å². The summed E-state index contributed by atoms with van der Waals surface area (Å²) in [5, 5.41) is 6.25. The fourth-order valence-corrected chi connectivity index (χ4v) is 1.35. The number of quaternary nitrogens is 1. The van der Waals surface area contributed by atoms with Crippen molar-refractivity contribution in [2.75, 3.05) is 6.54 Å². The molecule has 1 unspecified atom stereocenters. The van der Waals surface area contributed by atoms with Gasteiger partial charge in [-0.25, -0.2) is 0 Å². The van der Waals surface area contributed by atoms with E-state index in [0.29, 0.717) is 0 Å². The summed E-state index contributed by atoms with van der Waals surface area (Å²) in [4.78, 5) is 1.53. The molecule has 12 heavy (non-hydrogen) atoms. The van der Waals surface area contributed by atoms with Crippen LogP contribution in [0.5, 0.6) is 0 Å². The molecule has 0 aromatic carbocycles. The van der Waals surface area contributed by atoms with Crippen molar-refractivity contribution in [2.45, 2.75) is 26.7 Å². The smallest absolute Gasteiger partial charge is 0.112 e. The summed E-state index contributed by atoms with van der Waals surface area (Å²) in [5.41, 5.74) is 1.55. The van der Waals surface area contributed by atoms with Crippen molar-refractivity contribution in [1.82, 2.24) is 0 Å². The monoisotopic (exact) mass is 164 g/mol. The van der Waals surface area contributed by atoms with Crippen LogP contribution in [0.2, 0.25) is 0 Å². The van der Waals surface area contributed by atoms with E-state index in [9.17, 15) is 0 Å². The van der Waals surface area contributed by atoms with Crippen LogP contribution in [-0.4, -0.2) is 6.54 Å². The minimum absolute atomic E-state index is 1.18. The van der Waals surface area contributed by atoms with E-state index in [2.05, 4.69) is 32.2 Å². The Bertz CT molecular complexity index is 189. The first kappa shape index (κ1) is 10.9. The highest BCUT2D eigenvalue weighted by Gasteiger charge is 2.12. The molecule has 1 rings (SSSR count). The summed E-state index contributed by atoms with van der Waals surface area (Å²) >= 11 is 0. The lowest BCUT2D eigenvalue weighted by atomic mass is 10.2. The third-order valence-electron chi connectivity index (χ3n) is 1.91. The molecule has 66 valence electrons. The molecule has 0 amide bonds. The Hall–Kier alpha value is -1.07. The second kappa shape index (κ2) is 6.63. The van der Waals surface area contributed by atoms with Crippen LogP contribution in [0.4, 0.5) is 0 Å². The molecule has 1 aliphatic rings. The molecular formula is C10H16N2. The predicted molar refractivity (Wildman–Crippen MR) is 48.6 cm³/mol. The van der Waals surface area contributed by atoms with E-state index in [1.807, 2.05) is 0 Å². The molecule has 1 N–H and O–H groups in total. The van der Waals surface area contributed by atoms with E-state index in [-0.39, 0.29) is 0 Å².